The summed E-state index contributed by atoms with van der Waals surface area (Å²) in [5.41, 5.74) is -1.64. The van der Waals surface area contributed by atoms with E-state index < -0.39 is 35.6 Å². The minimum Gasteiger partial charge on any atom is -0.481 e. The first-order valence-corrected chi connectivity index (χ1v) is 6.98. The Hall–Kier alpha value is -1.18. The molecule has 0 spiro atoms. The average molecular weight is 306 g/mol. The van der Waals surface area contributed by atoms with E-state index in [2.05, 4.69) is 0 Å². The third kappa shape index (κ3) is 5.26. The molecule has 21 heavy (non-hydrogen) atoms. The largest absolute Gasteiger partial charge is 0.481 e. The molecule has 0 aromatic heterocycles. The molecular weight excluding hydrogens is 278 g/mol. The van der Waals surface area contributed by atoms with Crippen LogP contribution in [-0.2, 0) is 9.59 Å². The Morgan fingerprint density at radius 2 is 1.52 bits per heavy atom. The lowest BCUT2D eigenvalue weighted by Gasteiger charge is -2.43. The van der Waals surface area contributed by atoms with Crippen LogP contribution in [0.1, 0.15) is 33.1 Å². The summed E-state index contributed by atoms with van der Waals surface area (Å²) < 4.78 is -0.0891. The molecule has 0 aromatic rings. The number of carboxylic acids is 2. The predicted molar refractivity (Wildman–Crippen MR) is 76.7 cm³/mol. The average Bonchev–Trinajstić information content (AvgIpc) is 2.21. The van der Waals surface area contributed by atoms with Crippen LogP contribution in [0.2, 0.25) is 0 Å². The molecule has 0 aliphatic rings. The zero-order chi connectivity index (χ0) is 17.0. The minimum atomic E-state index is -1.64. The van der Waals surface area contributed by atoms with Gasteiger partial charge in [0.15, 0.2) is 0 Å². The second-order valence-corrected chi connectivity index (χ2v) is 6.76. The fraction of sp³-hybridized carbons (Fsp3) is 0.857. The molecule has 4 atom stereocenters. The van der Waals surface area contributed by atoms with Crippen molar-refractivity contribution in [2.24, 2.45) is 5.41 Å². The van der Waals surface area contributed by atoms with Crippen LogP contribution >= 0.6 is 0 Å². The first-order valence-electron chi connectivity index (χ1n) is 6.98. The molecule has 4 unspecified atom stereocenters. The van der Waals surface area contributed by atoms with Crippen molar-refractivity contribution in [3.8, 4) is 0 Å². The van der Waals surface area contributed by atoms with Crippen molar-refractivity contribution in [1.82, 2.24) is 0 Å². The van der Waals surface area contributed by atoms with Crippen molar-refractivity contribution in [2.45, 2.75) is 51.4 Å². The second kappa shape index (κ2) is 7.20. The summed E-state index contributed by atoms with van der Waals surface area (Å²) >= 11 is 0. The number of hydrogen-bond donors (Lipinski definition) is 4. The molecule has 0 radical (unpaired) electrons. The lowest BCUT2D eigenvalue weighted by atomic mass is 9.70. The lowest BCUT2D eigenvalue weighted by molar-refractivity contribution is -0.894. The van der Waals surface area contributed by atoms with Crippen molar-refractivity contribution in [3.05, 3.63) is 0 Å². The highest BCUT2D eigenvalue weighted by atomic mass is 16.4. The molecule has 0 saturated carbocycles. The molecular formula is C14H28NO6+. The molecule has 0 heterocycles. The number of aliphatic carboxylic acids is 2. The molecule has 0 aromatic carbocycles. The molecule has 0 bridgehead atoms. The number of nitrogens with zero attached hydrogens (tertiary/aromatic N) is 1. The Balaban J connectivity index is 5.92. The molecule has 4 N–H and O–H groups in total. The monoisotopic (exact) mass is 306 g/mol. The number of carboxylic acid groups (broad SMARTS) is 2. The molecule has 124 valence electrons. The van der Waals surface area contributed by atoms with Crippen LogP contribution in [0.5, 0.6) is 0 Å². The predicted octanol–water partition coefficient (Wildman–Crippen LogP) is 0.149. The van der Waals surface area contributed by atoms with Gasteiger partial charge >= 0.3 is 11.9 Å². The lowest BCUT2D eigenvalue weighted by Crippen LogP contribution is -2.62. The highest BCUT2D eigenvalue weighted by molar-refractivity contribution is 5.85. The van der Waals surface area contributed by atoms with E-state index in [1.54, 1.807) is 21.1 Å². The highest BCUT2D eigenvalue weighted by Crippen LogP contribution is 2.39. The van der Waals surface area contributed by atoms with Crippen LogP contribution in [0.4, 0.5) is 0 Å². The van der Waals surface area contributed by atoms with Crippen LogP contribution in [0, 0.1) is 5.41 Å². The summed E-state index contributed by atoms with van der Waals surface area (Å²) in [6.07, 6.45) is -1.73. The second-order valence-electron chi connectivity index (χ2n) is 6.76. The molecule has 0 saturated heterocycles. The smallest absolute Gasteiger partial charge is 0.363 e. The van der Waals surface area contributed by atoms with Gasteiger partial charge in [0.25, 0.3) is 0 Å². The maximum atomic E-state index is 11.9. The Labute approximate surface area is 125 Å². The molecule has 0 aliphatic carbocycles. The number of carbonyl (C=O) groups is 2. The fourth-order valence-corrected chi connectivity index (χ4v) is 2.96. The molecule has 0 fully saturated rings. The van der Waals surface area contributed by atoms with Crippen molar-refractivity contribution in [2.75, 3.05) is 21.1 Å². The number of quaternary nitrogens is 1. The number of aliphatic hydroxyl groups excluding tert-OH is 2. The quantitative estimate of drug-likeness (QED) is 0.451. The highest BCUT2D eigenvalue weighted by Gasteiger charge is 2.56. The van der Waals surface area contributed by atoms with Crippen molar-refractivity contribution in [1.29, 1.82) is 0 Å². The molecule has 0 amide bonds. The normalized spacial score (nSPS) is 19.4. The van der Waals surface area contributed by atoms with E-state index in [1.807, 2.05) is 0 Å². The van der Waals surface area contributed by atoms with Crippen molar-refractivity contribution in [3.63, 3.8) is 0 Å². The number of hydrogen-bond acceptors (Lipinski definition) is 4. The fourth-order valence-electron chi connectivity index (χ4n) is 2.96. The number of rotatable bonds is 9. The Morgan fingerprint density at radius 1 is 1.05 bits per heavy atom. The van der Waals surface area contributed by atoms with Gasteiger partial charge in [-0.15, -0.1) is 0 Å². The van der Waals surface area contributed by atoms with Gasteiger partial charge in [-0.3, -0.25) is 4.79 Å². The SMILES string of the molecule is CC(O)CCC(CC(C)O)(C(=O)O)C(C(=O)O)[N+](C)(C)C. The zero-order valence-electron chi connectivity index (χ0n) is 13.4. The van der Waals surface area contributed by atoms with E-state index in [0.29, 0.717) is 0 Å². The van der Waals surface area contributed by atoms with Gasteiger partial charge in [-0.25, -0.2) is 4.79 Å². The Kier molecular flexibility index (Phi) is 6.79. The van der Waals surface area contributed by atoms with E-state index in [1.165, 1.54) is 13.8 Å². The number of aliphatic hydroxyl groups is 2. The molecule has 7 heteroatoms. The standard InChI is InChI=1S/C14H27NO6/c1-9(16)6-7-14(13(20)21,8-10(2)17)11(12(18)19)15(3,4)5/h9-11,16-17H,6-8H2,1-5H3,(H-,18,19,20,21)/p+1. The van der Waals surface area contributed by atoms with Crippen LogP contribution < -0.4 is 0 Å². The van der Waals surface area contributed by atoms with Gasteiger partial charge < -0.3 is 24.9 Å². The van der Waals surface area contributed by atoms with E-state index in [4.69, 9.17) is 0 Å². The summed E-state index contributed by atoms with van der Waals surface area (Å²) in [5, 5.41) is 38.4. The van der Waals surface area contributed by atoms with E-state index >= 15 is 0 Å². The van der Waals surface area contributed by atoms with Gasteiger partial charge in [0.2, 0.25) is 6.04 Å². The Morgan fingerprint density at radius 3 is 1.76 bits per heavy atom. The topological polar surface area (TPSA) is 115 Å². The Bertz CT molecular complexity index is 374. The number of likely N-dealkylation sites (N-methyl/N-ethyl adjacent to an activating group) is 1. The van der Waals surface area contributed by atoms with Crippen LogP contribution in [-0.4, -0.2) is 76.2 Å². The van der Waals surface area contributed by atoms with Gasteiger partial charge in [0.1, 0.15) is 5.41 Å². The van der Waals surface area contributed by atoms with Gasteiger partial charge in [0.05, 0.1) is 33.4 Å². The van der Waals surface area contributed by atoms with Crippen LogP contribution in [0.25, 0.3) is 0 Å². The van der Waals surface area contributed by atoms with Crippen LogP contribution in [0.15, 0.2) is 0 Å². The molecule has 0 aliphatic heterocycles. The van der Waals surface area contributed by atoms with Crippen molar-refractivity contribution < 1.29 is 34.5 Å². The van der Waals surface area contributed by atoms with E-state index in [-0.39, 0.29) is 23.7 Å². The summed E-state index contributed by atoms with van der Waals surface area (Å²) in [6, 6.07) is -1.23. The summed E-state index contributed by atoms with van der Waals surface area (Å²) in [5.74, 6) is -2.49. The summed E-state index contributed by atoms with van der Waals surface area (Å²) in [4.78, 5) is 23.6. The van der Waals surface area contributed by atoms with E-state index in [0.717, 1.165) is 0 Å². The maximum Gasteiger partial charge on any atom is 0.363 e. The first-order chi connectivity index (χ1) is 9.34. The third-order valence-electron chi connectivity index (χ3n) is 3.63. The molecule has 7 nitrogen and oxygen atoms in total. The maximum absolute atomic E-state index is 11.9. The van der Waals surface area contributed by atoms with Gasteiger partial charge in [-0.2, -0.15) is 0 Å². The van der Waals surface area contributed by atoms with Gasteiger partial charge in [-0.05, 0) is 33.1 Å². The van der Waals surface area contributed by atoms with Gasteiger partial charge in [0, 0.05) is 0 Å². The van der Waals surface area contributed by atoms with Crippen molar-refractivity contribution >= 4 is 11.9 Å². The third-order valence-corrected chi connectivity index (χ3v) is 3.63. The summed E-state index contributed by atoms with van der Waals surface area (Å²) in [6.45, 7) is 2.96. The van der Waals surface area contributed by atoms with E-state index in [9.17, 15) is 30.0 Å². The first kappa shape index (κ1) is 19.8. The van der Waals surface area contributed by atoms with Crippen LogP contribution in [0.3, 0.4) is 0 Å². The summed E-state index contributed by atoms with van der Waals surface area (Å²) in [7, 11) is 4.84. The van der Waals surface area contributed by atoms with Gasteiger partial charge in [-0.1, -0.05) is 0 Å². The zero-order valence-corrected chi connectivity index (χ0v) is 13.4. The molecule has 0 rings (SSSR count). The minimum absolute atomic E-state index is 0.0165.